The van der Waals surface area contributed by atoms with Crippen molar-refractivity contribution in [2.45, 2.75) is 13.0 Å². The number of carboxylic acid groups (broad SMARTS) is 1. The molecule has 1 aliphatic heterocycles. The number of fused-ring (bicyclic) bond motifs is 1. The van der Waals surface area contributed by atoms with Gasteiger partial charge in [-0.1, -0.05) is 6.07 Å². The smallest absolute Gasteiger partial charge is 0.335 e. The van der Waals surface area contributed by atoms with Crippen LogP contribution in [-0.2, 0) is 13.0 Å². The lowest BCUT2D eigenvalue weighted by molar-refractivity contribution is 0.0696. The maximum absolute atomic E-state index is 12.3. The van der Waals surface area contributed by atoms with Gasteiger partial charge in [-0.15, -0.1) is 0 Å². The zero-order chi connectivity index (χ0) is 15.0. The van der Waals surface area contributed by atoms with Crippen LogP contribution < -0.4 is 0 Å². The number of hydrogen-bond acceptors (Lipinski definition) is 3. The van der Waals surface area contributed by atoms with Crippen LogP contribution in [0, 0.1) is 0 Å². The average Bonchev–Trinajstić information content (AvgIpc) is 2.91. The molecular formula is C15H12BrNO4. The van der Waals surface area contributed by atoms with Gasteiger partial charge in [0.1, 0.15) is 0 Å². The molecule has 0 saturated carbocycles. The molecular weight excluding hydrogens is 338 g/mol. The summed E-state index contributed by atoms with van der Waals surface area (Å²) in [5.41, 5.74) is 2.20. The first kappa shape index (κ1) is 13.9. The average molecular weight is 350 g/mol. The molecule has 5 nitrogen and oxygen atoms in total. The second-order valence-corrected chi connectivity index (χ2v) is 5.65. The van der Waals surface area contributed by atoms with Gasteiger partial charge in [-0.2, -0.15) is 0 Å². The van der Waals surface area contributed by atoms with Crippen molar-refractivity contribution in [3.05, 3.63) is 57.5 Å². The maximum atomic E-state index is 12.3. The highest BCUT2D eigenvalue weighted by Crippen LogP contribution is 2.23. The summed E-state index contributed by atoms with van der Waals surface area (Å²) in [4.78, 5) is 25.0. The third-order valence-electron chi connectivity index (χ3n) is 3.54. The SMILES string of the molecule is O=C(O)c1ccc2c(c1)CN(C(=O)c1ccc(Br)o1)CC2. The molecule has 21 heavy (non-hydrogen) atoms. The van der Waals surface area contributed by atoms with Crippen molar-refractivity contribution in [3.8, 4) is 0 Å². The van der Waals surface area contributed by atoms with Crippen LogP contribution in [0.4, 0.5) is 0 Å². The molecule has 0 atom stereocenters. The summed E-state index contributed by atoms with van der Waals surface area (Å²) in [5, 5.41) is 9.04. The quantitative estimate of drug-likeness (QED) is 0.904. The number of benzene rings is 1. The molecule has 1 aromatic heterocycles. The number of aromatic carboxylic acids is 1. The van der Waals surface area contributed by atoms with Gasteiger partial charge in [0.2, 0.25) is 0 Å². The van der Waals surface area contributed by atoms with E-state index in [-0.39, 0.29) is 17.2 Å². The molecule has 0 bridgehead atoms. The first-order chi connectivity index (χ1) is 10.0. The number of carbonyl (C=O) groups is 2. The Morgan fingerprint density at radius 1 is 1.19 bits per heavy atom. The molecule has 1 N–H and O–H groups in total. The van der Waals surface area contributed by atoms with Gasteiger partial charge in [-0.25, -0.2) is 4.79 Å². The van der Waals surface area contributed by atoms with Gasteiger partial charge in [0.15, 0.2) is 10.4 Å². The summed E-state index contributed by atoms with van der Waals surface area (Å²) in [6.07, 6.45) is 0.711. The molecule has 0 unspecified atom stereocenters. The first-order valence-corrected chi connectivity index (χ1v) is 7.23. The number of hydrogen-bond donors (Lipinski definition) is 1. The Labute approximate surface area is 129 Å². The molecule has 108 valence electrons. The van der Waals surface area contributed by atoms with Crippen molar-refractivity contribution in [1.29, 1.82) is 0 Å². The van der Waals surface area contributed by atoms with Crippen LogP contribution in [0.5, 0.6) is 0 Å². The van der Waals surface area contributed by atoms with Crippen LogP contribution in [0.15, 0.2) is 39.4 Å². The van der Waals surface area contributed by atoms with E-state index in [1.165, 1.54) is 0 Å². The van der Waals surface area contributed by atoms with Crippen LogP contribution in [0.1, 0.15) is 32.0 Å². The molecule has 2 aromatic rings. The Bertz CT molecular complexity index is 722. The lowest BCUT2D eigenvalue weighted by Crippen LogP contribution is -2.35. The summed E-state index contributed by atoms with van der Waals surface area (Å²) in [6.45, 7) is 0.990. The number of rotatable bonds is 2. The topological polar surface area (TPSA) is 70.8 Å². The number of carboxylic acids is 1. The van der Waals surface area contributed by atoms with Crippen molar-refractivity contribution < 1.29 is 19.1 Å². The van der Waals surface area contributed by atoms with Crippen LogP contribution in [-0.4, -0.2) is 28.4 Å². The Morgan fingerprint density at radius 2 is 2.00 bits per heavy atom. The van der Waals surface area contributed by atoms with Crippen LogP contribution >= 0.6 is 15.9 Å². The second-order valence-electron chi connectivity index (χ2n) is 4.87. The molecule has 0 fully saturated rings. The minimum absolute atomic E-state index is 0.188. The Kier molecular flexibility index (Phi) is 3.55. The maximum Gasteiger partial charge on any atom is 0.335 e. The van der Waals surface area contributed by atoms with Gasteiger partial charge in [-0.05, 0) is 57.7 Å². The summed E-state index contributed by atoms with van der Waals surface area (Å²) < 4.78 is 5.79. The van der Waals surface area contributed by atoms with Gasteiger partial charge in [0.05, 0.1) is 5.56 Å². The second kappa shape index (κ2) is 5.37. The van der Waals surface area contributed by atoms with Crippen LogP contribution in [0.2, 0.25) is 0 Å². The van der Waals surface area contributed by atoms with Crippen molar-refractivity contribution >= 4 is 27.8 Å². The van der Waals surface area contributed by atoms with Crippen molar-refractivity contribution in [2.75, 3.05) is 6.54 Å². The third-order valence-corrected chi connectivity index (χ3v) is 3.96. The molecule has 0 spiro atoms. The summed E-state index contributed by atoms with van der Waals surface area (Å²) >= 11 is 3.17. The highest BCUT2D eigenvalue weighted by atomic mass is 79.9. The van der Waals surface area contributed by atoms with Crippen molar-refractivity contribution in [3.63, 3.8) is 0 Å². The fraction of sp³-hybridized carbons (Fsp3) is 0.200. The Morgan fingerprint density at radius 3 is 2.67 bits per heavy atom. The number of nitrogens with zero attached hydrogens (tertiary/aromatic N) is 1. The molecule has 0 aliphatic carbocycles. The summed E-state index contributed by atoms with van der Waals surface area (Å²) in [7, 11) is 0. The monoisotopic (exact) mass is 349 g/mol. The highest BCUT2D eigenvalue weighted by Gasteiger charge is 2.24. The molecule has 3 rings (SSSR count). The van der Waals surface area contributed by atoms with Gasteiger partial charge < -0.3 is 14.4 Å². The van der Waals surface area contributed by atoms with Crippen LogP contribution in [0.3, 0.4) is 0 Å². The normalized spacial score (nSPS) is 13.9. The van der Waals surface area contributed by atoms with E-state index in [1.807, 2.05) is 6.07 Å². The number of amides is 1. The molecule has 2 heterocycles. The Hall–Kier alpha value is -2.08. The van der Waals surface area contributed by atoms with E-state index in [9.17, 15) is 9.59 Å². The Balaban J connectivity index is 1.84. The number of carbonyl (C=O) groups excluding carboxylic acids is 1. The molecule has 6 heteroatoms. The van der Waals surface area contributed by atoms with E-state index < -0.39 is 5.97 Å². The van der Waals surface area contributed by atoms with E-state index in [2.05, 4.69) is 15.9 Å². The van der Waals surface area contributed by atoms with E-state index in [0.717, 1.165) is 11.1 Å². The lowest BCUT2D eigenvalue weighted by atomic mass is 9.97. The summed E-state index contributed by atoms with van der Waals surface area (Å²) in [6, 6.07) is 8.35. The van der Waals surface area contributed by atoms with E-state index in [0.29, 0.717) is 24.2 Å². The number of halogens is 1. The van der Waals surface area contributed by atoms with Gasteiger partial charge >= 0.3 is 5.97 Å². The van der Waals surface area contributed by atoms with Crippen molar-refractivity contribution in [1.82, 2.24) is 4.90 Å². The fourth-order valence-electron chi connectivity index (χ4n) is 2.45. The zero-order valence-corrected chi connectivity index (χ0v) is 12.6. The minimum atomic E-state index is -0.962. The van der Waals surface area contributed by atoms with Gasteiger partial charge in [-0.3, -0.25) is 4.79 Å². The van der Waals surface area contributed by atoms with Gasteiger partial charge in [0, 0.05) is 13.1 Å². The third kappa shape index (κ3) is 2.71. The predicted octanol–water partition coefficient (Wildman–Crippen LogP) is 2.94. The predicted molar refractivity (Wildman–Crippen MR) is 78.3 cm³/mol. The van der Waals surface area contributed by atoms with E-state index >= 15 is 0 Å². The molecule has 1 aromatic carbocycles. The van der Waals surface area contributed by atoms with E-state index in [4.69, 9.17) is 9.52 Å². The van der Waals surface area contributed by atoms with Crippen LogP contribution in [0.25, 0.3) is 0 Å². The standard InChI is InChI=1S/C15H12BrNO4/c16-13-4-3-12(21-13)14(18)17-6-5-9-1-2-10(15(19)20)7-11(9)8-17/h1-4,7H,5-6,8H2,(H,19,20). The van der Waals surface area contributed by atoms with Gasteiger partial charge in [0.25, 0.3) is 5.91 Å². The molecule has 1 amide bonds. The number of furan rings is 1. The zero-order valence-electron chi connectivity index (χ0n) is 11.0. The molecule has 0 radical (unpaired) electrons. The minimum Gasteiger partial charge on any atom is -0.478 e. The lowest BCUT2D eigenvalue weighted by Gasteiger charge is -2.28. The highest BCUT2D eigenvalue weighted by molar-refractivity contribution is 9.10. The first-order valence-electron chi connectivity index (χ1n) is 6.44. The fourth-order valence-corrected chi connectivity index (χ4v) is 2.76. The van der Waals surface area contributed by atoms with Crippen molar-refractivity contribution in [2.24, 2.45) is 0 Å². The van der Waals surface area contributed by atoms with E-state index in [1.54, 1.807) is 29.2 Å². The summed E-state index contributed by atoms with van der Waals surface area (Å²) in [5.74, 6) is -0.872. The largest absolute Gasteiger partial charge is 0.478 e. The molecule has 0 saturated heterocycles. The molecule has 1 aliphatic rings.